The van der Waals surface area contributed by atoms with Gasteiger partial charge in [-0.25, -0.2) is 23.4 Å². The van der Waals surface area contributed by atoms with Crippen LogP contribution < -0.4 is 21.1 Å². The summed E-state index contributed by atoms with van der Waals surface area (Å²) in [6.45, 7) is 6.75. The van der Waals surface area contributed by atoms with Gasteiger partial charge in [0, 0.05) is 43.2 Å². The van der Waals surface area contributed by atoms with Gasteiger partial charge in [-0.05, 0) is 64.3 Å². The number of aromatic nitrogens is 5. The van der Waals surface area contributed by atoms with E-state index in [0.717, 1.165) is 19.4 Å². The fourth-order valence-electron chi connectivity index (χ4n) is 7.09. The normalized spacial score (nSPS) is 24.6. The van der Waals surface area contributed by atoms with E-state index in [9.17, 15) is 9.18 Å². The quantitative estimate of drug-likeness (QED) is 0.505. The molecule has 0 saturated carbocycles. The summed E-state index contributed by atoms with van der Waals surface area (Å²) < 4.78 is 29.8. The molecule has 40 heavy (non-hydrogen) atoms. The zero-order valence-electron chi connectivity index (χ0n) is 23.1. The molecule has 7 rings (SSSR count). The number of piperidine rings is 1. The molecule has 1 aromatic carbocycles. The van der Waals surface area contributed by atoms with E-state index in [0.29, 0.717) is 55.0 Å². The van der Waals surface area contributed by atoms with Gasteiger partial charge in [0.2, 0.25) is 5.95 Å². The number of benzene rings is 1. The van der Waals surface area contributed by atoms with E-state index in [2.05, 4.69) is 44.4 Å². The molecule has 4 aliphatic heterocycles. The lowest BCUT2D eigenvalue weighted by Crippen LogP contribution is -2.55. The van der Waals surface area contributed by atoms with Crippen molar-refractivity contribution in [3.05, 3.63) is 46.5 Å². The Morgan fingerprint density at radius 2 is 2.02 bits per heavy atom. The SMILES string of the molecule is Cn1nc2n(c1=O)-c1cc(Nc3ncc(F)c(N[C@@H]4C[C@@H]5CCCN5C(C)(C)C4)n3)ccc1OC21CCOCC1. The van der Waals surface area contributed by atoms with E-state index in [1.165, 1.54) is 23.7 Å². The fraction of sp³-hybridized carbons (Fsp3) is 0.571. The highest BCUT2D eigenvalue weighted by Gasteiger charge is 2.46. The number of hydrogen-bond acceptors (Lipinski definition) is 9. The van der Waals surface area contributed by atoms with Crippen molar-refractivity contribution in [2.24, 2.45) is 7.05 Å². The molecule has 212 valence electrons. The second-order valence-corrected chi connectivity index (χ2v) is 12.1. The third kappa shape index (κ3) is 4.15. The molecule has 12 heteroatoms. The zero-order chi connectivity index (χ0) is 27.6. The largest absolute Gasteiger partial charge is 0.477 e. The Labute approximate surface area is 231 Å². The summed E-state index contributed by atoms with van der Waals surface area (Å²) in [5, 5.41) is 11.1. The molecule has 1 spiro atoms. The summed E-state index contributed by atoms with van der Waals surface area (Å²) in [5.41, 5.74) is 0.332. The summed E-state index contributed by atoms with van der Waals surface area (Å²) in [6, 6.07) is 6.13. The minimum absolute atomic E-state index is 0.0549. The molecule has 2 atom stereocenters. The Bertz CT molecular complexity index is 1510. The maximum Gasteiger partial charge on any atom is 0.350 e. The van der Waals surface area contributed by atoms with Gasteiger partial charge >= 0.3 is 5.69 Å². The van der Waals surface area contributed by atoms with Crippen molar-refractivity contribution >= 4 is 17.5 Å². The Morgan fingerprint density at radius 3 is 2.85 bits per heavy atom. The van der Waals surface area contributed by atoms with Crippen LogP contribution in [0, 0.1) is 5.82 Å². The van der Waals surface area contributed by atoms with Gasteiger partial charge in [0.05, 0.1) is 25.1 Å². The van der Waals surface area contributed by atoms with E-state index < -0.39 is 11.4 Å². The standard InChI is InChI=1S/C28H35FN8O3/c1-27(2)15-18(13-19-5-4-10-36(19)27)31-23-20(29)16-30-25(33-23)32-17-6-7-22-21(14-17)37-24(34-35(3)26(37)38)28(40-22)8-11-39-12-9-28/h6-7,14,16,18-19H,4-5,8-13,15H2,1-3H3,(H2,30,31,32,33)/t18-,19+/m1/s1. The first-order chi connectivity index (χ1) is 19.2. The fourth-order valence-corrected chi connectivity index (χ4v) is 7.09. The van der Waals surface area contributed by atoms with Crippen LogP contribution in [0.15, 0.2) is 29.2 Å². The van der Waals surface area contributed by atoms with Crippen molar-refractivity contribution in [3.63, 3.8) is 0 Å². The van der Waals surface area contributed by atoms with Gasteiger partial charge < -0.3 is 20.1 Å². The lowest BCUT2D eigenvalue weighted by molar-refractivity contribution is -0.0607. The number of rotatable bonds is 4. The maximum absolute atomic E-state index is 14.8. The molecular weight excluding hydrogens is 515 g/mol. The summed E-state index contributed by atoms with van der Waals surface area (Å²) in [6.07, 6.45) is 6.68. The molecule has 6 heterocycles. The Morgan fingerprint density at radius 1 is 1.20 bits per heavy atom. The molecule has 11 nitrogen and oxygen atoms in total. The minimum atomic E-state index is -0.704. The van der Waals surface area contributed by atoms with Crippen LogP contribution in [0.4, 0.5) is 21.8 Å². The summed E-state index contributed by atoms with van der Waals surface area (Å²) in [5.74, 6) is 1.15. The number of anilines is 3. The van der Waals surface area contributed by atoms with Gasteiger partial charge in [0.15, 0.2) is 23.1 Å². The third-order valence-corrected chi connectivity index (χ3v) is 8.94. The van der Waals surface area contributed by atoms with E-state index in [-0.39, 0.29) is 29.0 Å². The zero-order valence-corrected chi connectivity index (χ0v) is 23.1. The highest BCUT2D eigenvalue weighted by molar-refractivity contribution is 5.64. The Hall–Kier alpha value is -3.51. The predicted octanol–water partition coefficient (Wildman–Crippen LogP) is 3.46. The molecule has 0 radical (unpaired) electrons. The minimum Gasteiger partial charge on any atom is -0.477 e. The van der Waals surface area contributed by atoms with Crippen molar-refractivity contribution < 1.29 is 13.9 Å². The van der Waals surface area contributed by atoms with Crippen molar-refractivity contribution in [2.45, 2.75) is 75.6 Å². The number of halogens is 1. The molecule has 2 N–H and O–H groups in total. The van der Waals surface area contributed by atoms with Crippen molar-refractivity contribution in [2.75, 3.05) is 30.4 Å². The van der Waals surface area contributed by atoms with Crippen LogP contribution in [0.5, 0.6) is 5.75 Å². The summed E-state index contributed by atoms with van der Waals surface area (Å²) >= 11 is 0. The van der Waals surface area contributed by atoms with Gasteiger partial charge in [-0.3, -0.25) is 4.90 Å². The van der Waals surface area contributed by atoms with Crippen LogP contribution in [0.1, 0.15) is 58.2 Å². The second-order valence-electron chi connectivity index (χ2n) is 12.1. The molecule has 4 aliphatic rings. The first kappa shape index (κ1) is 25.5. The third-order valence-electron chi connectivity index (χ3n) is 8.94. The molecule has 2 aromatic heterocycles. The van der Waals surface area contributed by atoms with Crippen molar-refractivity contribution in [1.29, 1.82) is 0 Å². The van der Waals surface area contributed by atoms with Crippen molar-refractivity contribution in [3.8, 4) is 11.4 Å². The number of nitrogens with one attached hydrogen (secondary N) is 2. The van der Waals surface area contributed by atoms with E-state index in [1.54, 1.807) is 11.6 Å². The van der Waals surface area contributed by atoms with E-state index in [4.69, 9.17) is 9.47 Å². The number of fused-ring (bicyclic) bond motifs is 5. The van der Waals surface area contributed by atoms with Crippen LogP contribution in [0.2, 0.25) is 0 Å². The number of nitrogens with zero attached hydrogens (tertiary/aromatic N) is 6. The van der Waals surface area contributed by atoms with Gasteiger partial charge in [0.25, 0.3) is 0 Å². The van der Waals surface area contributed by atoms with Gasteiger partial charge in [-0.15, -0.1) is 0 Å². The Kier molecular flexibility index (Phi) is 5.90. The van der Waals surface area contributed by atoms with Gasteiger partial charge in [0.1, 0.15) is 5.75 Å². The number of ether oxygens (including phenoxy) is 2. The first-order valence-electron chi connectivity index (χ1n) is 14.1. The van der Waals surface area contributed by atoms with Gasteiger partial charge in [-0.2, -0.15) is 10.1 Å². The average molecular weight is 551 g/mol. The lowest BCUT2D eigenvalue weighted by Gasteiger charge is -2.47. The molecular formula is C28H35FN8O3. The summed E-state index contributed by atoms with van der Waals surface area (Å²) in [4.78, 5) is 24.4. The smallest absolute Gasteiger partial charge is 0.350 e. The molecule has 3 aromatic rings. The van der Waals surface area contributed by atoms with Crippen LogP contribution >= 0.6 is 0 Å². The van der Waals surface area contributed by atoms with Gasteiger partial charge in [-0.1, -0.05) is 0 Å². The topological polar surface area (TPSA) is 111 Å². The first-order valence-corrected chi connectivity index (χ1v) is 14.1. The molecule has 0 unspecified atom stereocenters. The van der Waals surface area contributed by atoms with E-state index in [1.807, 2.05) is 18.2 Å². The second kappa shape index (κ2) is 9.27. The molecule has 0 aliphatic carbocycles. The molecule has 3 saturated heterocycles. The van der Waals surface area contributed by atoms with Crippen LogP contribution in [-0.4, -0.2) is 66.6 Å². The highest BCUT2D eigenvalue weighted by atomic mass is 19.1. The van der Waals surface area contributed by atoms with Crippen molar-refractivity contribution in [1.82, 2.24) is 29.2 Å². The monoisotopic (exact) mass is 550 g/mol. The number of aryl methyl sites for hydroxylation is 1. The van der Waals surface area contributed by atoms with E-state index >= 15 is 0 Å². The molecule has 3 fully saturated rings. The highest BCUT2D eigenvalue weighted by Crippen LogP contribution is 2.44. The molecule has 0 amide bonds. The predicted molar refractivity (Wildman–Crippen MR) is 147 cm³/mol. The lowest BCUT2D eigenvalue weighted by atomic mass is 9.84. The van der Waals surface area contributed by atoms with Crippen LogP contribution in [0.25, 0.3) is 5.69 Å². The molecule has 0 bridgehead atoms. The maximum atomic E-state index is 14.8. The summed E-state index contributed by atoms with van der Waals surface area (Å²) in [7, 11) is 1.64. The van der Waals surface area contributed by atoms with Crippen LogP contribution in [0.3, 0.4) is 0 Å². The average Bonchev–Trinajstić information content (AvgIpc) is 3.52. The van der Waals surface area contributed by atoms with Crippen LogP contribution in [-0.2, 0) is 17.4 Å². The Balaban J connectivity index is 1.15. The number of hydrogen-bond donors (Lipinski definition) is 2.